The van der Waals surface area contributed by atoms with Crippen molar-refractivity contribution in [3.05, 3.63) is 76.6 Å². The fraction of sp³-hybridized carbons (Fsp3) is 0.182. The van der Waals surface area contributed by atoms with Crippen LogP contribution in [0.25, 0.3) is 22.4 Å². The Hall–Kier alpha value is -2.89. The Morgan fingerprint density at radius 2 is 1.54 bits per heavy atom. The molecule has 0 heterocycles. The maximum atomic E-state index is 14.6. The molecule has 0 aromatic heterocycles. The molecular formula is C22H17F5O. The van der Waals surface area contributed by atoms with E-state index in [0.29, 0.717) is 18.6 Å². The van der Waals surface area contributed by atoms with Gasteiger partial charge in [0.2, 0.25) is 0 Å². The van der Waals surface area contributed by atoms with Crippen molar-refractivity contribution in [2.24, 2.45) is 0 Å². The first-order valence-electron chi connectivity index (χ1n) is 8.68. The average molecular weight is 392 g/mol. The number of benzene rings is 3. The van der Waals surface area contributed by atoms with Crippen LogP contribution in [0.1, 0.15) is 30.0 Å². The number of methoxy groups -OCH3 is 1. The second-order valence-electron chi connectivity index (χ2n) is 6.30. The first kappa shape index (κ1) is 19.9. The third-order valence-electron chi connectivity index (χ3n) is 4.49. The molecule has 0 aliphatic heterocycles. The summed E-state index contributed by atoms with van der Waals surface area (Å²) in [6.45, 7) is 1.83. The molecule has 0 saturated carbocycles. The minimum Gasteiger partial charge on any atom is -0.497 e. The zero-order chi connectivity index (χ0) is 20.4. The molecule has 3 aromatic carbocycles. The molecule has 28 heavy (non-hydrogen) atoms. The fourth-order valence-corrected chi connectivity index (χ4v) is 3.03. The summed E-state index contributed by atoms with van der Waals surface area (Å²) in [5.41, 5.74) is -0.829. The lowest BCUT2D eigenvalue weighted by molar-refractivity contribution is 0.414. The molecule has 0 N–H and O–H groups in total. The van der Waals surface area contributed by atoms with Crippen molar-refractivity contribution in [2.75, 3.05) is 7.11 Å². The van der Waals surface area contributed by atoms with Gasteiger partial charge in [0, 0.05) is 5.56 Å². The van der Waals surface area contributed by atoms with E-state index in [1.165, 1.54) is 43.5 Å². The van der Waals surface area contributed by atoms with Gasteiger partial charge in [0.15, 0.2) is 23.3 Å². The smallest absolute Gasteiger partial charge is 0.170 e. The van der Waals surface area contributed by atoms with E-state index in [9.17, 15) is 22.0 Å². The van der Waals surface area contributed by atoms with E-state index >= 15 is 0 Å². The number of hydrogen-bond donors (Lipinski definition) is 0. The van der Waals surface area contributed by atoms with Crippen molar-refractivity contribution in [3.8, 4) is 5.75 Å². The molecule has 146 valence electrons. The van der Waals surface area contributed by atoms with Crippen LogP contribution in [0, 0.1) is 17.5 Å². The van der Waals surface area contributed by atoms with Crippen LogP contribution in [0.15, 0.2) is 42.5 Å². The Bertz CT molecular complexity index is 1050. The van der Waals surface area contributed by atoms with E-state index in [4.69, 9.17) is 4.74 Å². The first-order valence-corrected chi connectivity index (χ1v) is 8.68. The van der Waals surface area contributed by atoms with Crippen molar-refractivity contribution in [1.29, 1.82) is 0 Å². The molecule has 0 aliphatic carbocycles. The second kappa shape index (κ2) is 8.00. The number of halogens is 5. The highest BCUT2D eigenvalue weighted by Gasteiger charge is 2.23. The van der Waals surface area contributed by atoms with Gasteiger partial charge < -0.3 is 4.74 Å². The summed E-state index contributed by atoms with van der Waals surface area (Å²) >= 11 is 0. The summed E-state index contributed by atoms with van der Waals surface area (Å²) in [5, 5.41) is -0.617. The second-order valence-corrected chi connectivity index (χ2v) is 6.30. The van der Waals surface area contributed by atoms with Crippen LogP contribution >= 0.6 is 0 Å². The molecule has 0 radical (unpaired) electrons. The summed E-state index contributed by atoms with van der Waals surface area (Å²) in [6.07, 6.45) is 0.972. The lowest BCUT2D eigenvalue weighted by Gasteiger charge is -2.11. The molecule has 0 aliphatic rings. The molecule has 1 nitrogen and oxygen atoms in total. The summed E-state index contributed by atoms with van der Waals surface area (Å²) in [6, 6.07) is 9.02. The first-order chi connectivity index (χ1) is 13.4. The largest absolute Gasteiger partial charge is 0.497 e. The maximum absolute atomic E-state index is 14.6. The van der Waals surface area contributed by atoms with E-state index in [1.807, 2.05) is 6.92 Å². The van der Waals surface area contributed by atoms with E-state index in [0.717, 1.165) is 6.07 Å². The molecule has 3 rings (SSSR count). The number of fused-ring (bicyclic) bond motifs is 1. The third-order valence-corrected chi connectivity index (χ3v) is 4.49. The predicted octanol–water partition coefficient (Wildman–Crippen LogP) is 6.98. The standard InChI is InChI=1S/C22H17F5O/c1-3-4-12-5-6-14-11-16(21(26)22(27)17(14)18(12)23)20(25)19(24)13-7-9-15(28-2)10-8-13/h5-11H,3-4H2,1-2H3. The van der Waals surface area contributed by atoms with Crippen molar-refractivity contribution in [1.82, 2.24) is 0 Å². The SMILES string of the molecule is CCCc1ccc2cc(C(F)=C(F)c3ccc(OC)cc3)c(F)c(F)c2c1F. The molecule has 0 spiro atoms. The van der Waals surface area contributed by atoms with Crippen LogP contribution in [0.5, 0.6) is 5.75 Å². The van der Waals surface area contributed by atoms with E-state index < -0.39 is 40.1 Å². The minimum absolute atomic E-state index is 0.0519. The molecule has 0 atom stereocenters. The van der Waals surface area contributed by atoms with E-state index in [1.54, 1.807) is 0 Å². The van der Waals surface area contributed by atoms with Crippen LogP contribution < -0.4 is 4.74 Å². The zero-order valence-corrected chi connectivity index (χ0v) is 15.3. The topological polar surface area (TPSA) is 9.23 Å². The number of aryl methyl sites for hydroxylation is 1. The van der Waals surface area contributed by atoms with E-state index in [2.05, 4.69) is 0 Å². The molecule has 0 saturated heterocycles. The van der Waals surface area contributed by atoms with Crippen molar-refractivity contribution in [2.45, 2.75) is 19.8 Å². The molecular weight excluding hydrogens is 375 g/mol. The number of rotatable bonds is 5. The van der Waals surface area contributed by atoms with Gasteiger partial charge in [-0.1, -0.05) is 25.5 Å². The van der Waals surface area contributed by atoms with Crippen LogP contribution in [0.3, 0.4) is 0 Å². The Kier molecular flexibility index (Phi) is 5.68. The molecule has 0 amide bonds. The summed E-state index contributed by atoms with van der Waals surface area (Å²) in [5.74, 6) is -6.56. The fourth-order valence-electron chi connectivity index (χ4n) is 3.03. The van der Waals surface area contributed by atoms with E-state index in [-0.39, 0.29) is 16.5 Å². The quantitative estimate of drug-likeness (QED) is 0.336. The van der Waals surface area contributed by atoms with Gasteiger partial charge >= 0.3 is 0 Å². The summed E-state index contributed by atoms with van der Waals surface area (Å²) < 4.78 is 77.6. The Morgan fingerprint density at radius 1 is 0.857 bits per heavy atom. The predicted molar refractivity (Wildman–Crippen MR) is 99.8 cm³/mol. The average Bonchev–Trinajstić information content (AvgIpc) is 2.71. The van der Waals surface area contributed by atoms with Crippen molar-refractivity contribution >= 4 is 22.4 Å². The van der Waals surface area contributed by atoms with Gasteiger partial charge in [-0.15, -0.1) is 0 Å². The highest BCUT2D eigenvalue weighted by atomic mass is 19.2. The highest BCUT2D eigenvalue weighted by molar-refractivity contribution is 5.91. The van der Waals surface area contributed by atoms with Gasteiger partial charge in [0.05, 0.1) is 18.1 Å². The summed E-state index contributed by atoms with van der Waals surface area (Å²) in [4.78, 5) is 0. The van der Waals surface area contributed by atoms with Gasteiger partial charge in [-0.3, -0.25) is 0 Å². The Balaban J connectivity index is 2.16. The van der Waals surface area contributed by atoms with Gasteiger partial charge in [-0.05, 0) is 47.7 Å². The van der Waals surface area contributed by atoms with Gasteiger partial charge in [-0.25, -0.2) is 22.0 Å². The monoisotopic (exact) mass is 392 g/mol. The highest BCUT2D eigenvalue weighted by Crippen LogP contribution is 2.36. The van der Waals surface area contributed by atoms with Gasteiger partial charge in [0.1, 0.15) is 11.6 Å². The van der Waals surface area contributed by atoms with Gasteiger partial charge in [-0.2, -0.15) is 0 Å². The number of ether oxygens (including phenoxy) is 1. The minimum atomic E-state index is -1.64. The zero-order valence-electron chi connectivity index (χ0n) is 15.3. The number of hydrogen-bond acceptors (Lipinski definition) is 1. The molecule has 0 fully saturated rings. The van der Waals surface area contributed by atoms with Crippen LogP contribution in [0.4, 0.5) is 22.0 Å². The van der Waals surface area contributed by atoms with Crippen LogP contribution in [-0.2, 0) is 6.42 Å². The molecule has 0 bridgehead atoms. The third kappa shape index (κ3) is 3.46. The van der Waals surface area contributed by atoms with Crippen molar-refractivity contribution < 1.29 is 26.7 Å². The molecule has 3 aromatic rings. The normalized spacial score (nSPS) is 12.2. The van der Waals surface area contributed by atoms with Crippen LogP contribution in [-0.4, -0.2) is 7.11 Å². The maximum Gasteiger partial charge on any atom is 0.170 e. The summed E-state index contributed by atoms with van der Waals surface area (Å²) in [7, 11) is 1.42. The molecule has 0 unspecified atom stereocenters. The van der Waals surface area contributed by atoms with Crippen molar-refractivity contribution in [3.63, 3.8) is 0 Å². The molecule has 6 heteroatoms. The van der Waals surface area contributed by atoms with Crippen LogP contribution in [0.2, 0.25) is 0 Å². The lowest BCUT2D eigenvalue weighted by atomic mass is 9.99. The lowest BCUT2D eigenvalue weighted by Crippen LogP contribution is -1.99. The Morgan fingerprint density at radius 3 is 2.14 bits per heavy atom. The Labute approximate surface area is 159 Å². The van der Waals surface area contributed by atoms with Gasteiger partial charge in [0.25, 0.3) is 0 Å².